The average Bonchev–Trinajstić information content (AvgIpc) is 3.98. The van der Waals surface area contributed by atoms with Crippen LogP contribution in [0.1, 0.15) is 39.0 Å². The Balaban J connectivity index is 0.000000705. The fourth-order valence-electron chi connectivity index (χ4n) is 5.58. The first-order chi connectivity index (χ1) is 25.6. The van der Waals surface area contributed by atoms with Crippen molar-refractivity contribution in [1.82, 2.24) is 9.88 Å². The number of nitrogens with one attached hydrogen (secondary N) is 2. The summed E-state index contributed by atoms with van der Waals surface area (Å²) < 4.78 is 51.4. The molecule has 0 bridgehead atoms. The van der Waals surface area contributed by atoms with Crippen LogP contribution < -0.4 is 24.8 Å². The number of methoxy groups -OCH3 is 1. The highest BCUT2D eigenvalue weighted by Crippen LogP contribution is 2.48. The van der Waals surface area contributed by atoms with Gasteiger partial charge in [0.2, 0.25) is 11.8 Å². The van der Waals surface area contributed by atoms with Crippen molar-refractivity contribution in [2.45, 2.75) is 39.0 Å². The van der Waals surface area contributed by atoms with E-state index in [0.29, 0.717) is 59.4 Å². The highest BCUT2D eigenvalue weighted by atomic mass is 31.2. The molecule has 1 saturated carbocycles. The Hall–Kier alpha value is -4.46. The summed E-state index contributed by atoms with van der Waals surface area (Å²) in [6.07, 6.45) is 5.64. The summed E-state index contributed by atoms with van der Waals surface area (Å²) in [4.78, 5) is 49.3. The van der Waals surface area contributed by atoms with Crippen molar-refractivity contribution < 1.29 is 47.1 Å². The van der Waals surface area contributed by atoms with Gasteiger partial charge in [-0.1, -0.05) is 13.3 Å². The summed E-state index contributed by atoms with van der Waals surface area (Å²) in [7, 11) is -0.0612. The second kappa shape index (κ2) is 19.0. The molecule has 53 heavy (non-hydrogen) atoms. The molecular weight excluding hydrogens is 709 g/mol. The van der Waals surface area contributed by atoms with E-state index in [9.17, 15) is 14.0 Å². The van der Waals surface area contributed by atoms with Crippen molar-refractivity contribution in [2.75, 3.05) is 63.4 Å². The third-order valence-corrected chi connectivity index (χ3v) is 9.53. The molecular formula is C38H45F2N4O8P. The molecule has 2 heterocycles. The van der Waals surface area contributed by atoms with Crippen molar-refractivity contribution in [3.63, 3.8) is 0 Å². The van der Waals surface area contributed by atoms with Gasteiger partial charge in [-0.3, -0.25) is 19.5 Å². The highest BCUT2D eigenvalue weighted by Gasteiger charge is 2.56. The second-order valence-electron chi connectivity index (χ2n) is 12.7. The van der Waals surface area contributed by atoms with Crippen molar-refractivity contribution in [3.8, 4) is 23.0 Å². The molecule has 2 fully saturated rings. The van der Waals surface area contributed by atoms with Gasteiger partial charge in [0.1, 0.15) is 17.0 Å². The van der Waals surface area contributed by atoms with Crippen LogP contribution in [-0.2, 0) is 14.3 Å². The molecule has 4 aromatic rings. The molecule has 0 atom stereocenters. The van der Waals surface area contributed by atoms with Gasteiger partial charge in [-0.15, -0.1) is 0 Å². The predicted octanol–water partition coefficient (Wildman–Crippen LogP) is 6.86. The number of halogens is 2. The minimum Gasteiger partial charge on any atom is -0.493 e. The first-order valence-corrected chi connectivity index (χ1v) is 19.0. The smallest absolute Gasteiger partial charge is 0.240 e. The molecule has 1 aliphatic heterocycles. The molecule has 1 saturated heterocycles. The maximum atomic E-state index is 15.2. The molecule has 1 aliphatic carbocycles. The Labute approximate surface area is 308 Å². The normalized spacial score (nSPS) is 14.9. The number of pyridine rings is 1. The molecule has 2 aliphatic rings. The molecule has 0 radical (unpaired) electrons. The van der Waals surface area contributed by atoms with Gasteiger partial charge in [0, 0.05) is 60.9 Å². The SMILES string of the molecule is CCCCP(O)O.COc1cc2c(Oc3ccc(NC(=O)C4(C(=O)Nc5ccc(F)cc5)CC4)cc3F)ccnc2cc1OCCCN1CCOCC1. The summed E-state index contributed by atoms with van der Waals surface area (Å²) in [6.45, 7) is 6.79. The Morgan fingerprint density at radius 2 is 1.60 bits per heavy atom. The lowest BCUT2D eigenvalue weighted by Gasteiger charge is -2.26. The van der Waals surface area contributed by atoms with Crippen molar-refractivity contribution in [2.24, 2.45) is 5.41 Å². The van der Waals surface area contributed by atoms with E-state index in [2.05, 4.69) is 20.5 Å². The van der Waals surface area contributed by atoms with E-state index in [1.807, 2.05) is 6.92 Å². The van der Waals surface area contributed by atoms with Gasteiger partial charge >= 0.3 is 0 Å². The van der Waals surface area contributed by atoms with Gasteiger partial charge in [-0.05, 0) is 74.2 Å². The van der Waals surface area contributed by atoms with E-state index in [0.717, 1.165) is 58.2 Å². The van der Waals surface area contributed by atoms with Crippen LogP contribution in [0.15, 0.2) is 66.9 Å². The third kappa shape index (κ3) is 11.0. The summed E-state index contributed by atoms with van der Waals surface area (Å²) in [5, 5.41) is 5.89. The number of hydrogen-bond donors (Lipinski definition) is 4. The fourth-order valence-corrected chi connectivity index (χ4v) is 6.18. The fraction of sp³-hybridized carbons (Fsp3) is 0.395. The molecule has 12 nitrogen and oxygen atoms in total. The predicted molar refractivity (Wildman–Crippen MR) is 199 cm³/mol. The molecule has 0 unspecified atom stereocenters. The van der Waals surface area contributed by atoms with Crippen LogP contribution in [0.3, 0.4) is 0 Å². The average molecular weight is 755 g/mol. The van der Waals surface area contributed by atoms with Crippen molar-refractivity contribution in [3.05, 3.63) is 78.5 Å². The molecule has 0 spiro atoms. The van der Waals surface area contributed by atoms with Gasteiger partial charge in [-0.2, -0.15) is 0 Å². The van der Waals surface area contributed by atoms with Gasteiger partial charge in [0.05, 0.1) is 32.4 Å². The van der Waals surface area contributed by atoms with Gasteiger partial charge in [0.25, 0.3) is 0 Å². The number of carbonyl (C=O) groups is 2. The van der Waals surface area contributed by atoms with Gasteiger partial charge in [-0.25, -0.2) is 8.78 Å². The van der Waals surface area contributed by atoms with Crippen LogP contribution in [0.25, 0.3) is 10.9 Å². The number of aromatic nitrogens is 1. The molecule has 284 valence electrons. The van der Waals surface area contributed by atoms with E-state index in [4.69, 9.17) is 28.7 Å². The molecule has 6 rings (SSSR count). The zero-order chi connectivity index (χ0) is 37.8. The molecule has 2 amide bonds. The number of benzene rings is 3. The Morgan fingerprint density at radius 3 is 2.23 bits per heavy atom. The summed E-state index contributed by atoms with van der Waals surface area (Å²) in [5.41, 5.74) is -0.144. The topological polar surface area (TPSA) is 152 Å². The number of hydrogen-bond acceptors (Lipinski definition) is 10. The number of rotatable bonds is 15. The Morgan fingerprint density at radius 1 is 0.906 bits per heavy atom. The third-order valence-electron chi connectivity index (χ3n) is 8.81. The molecule has 4 N–H and O–H groups in total. The number of fused-ring (bicyclic) bond motifs is 1. The number of morpholine rings is 1. The van der Waals surface area contributed by atoms with Gasteiger partial charge < -0.3 is 39.4 Å². The van der Waals surface area contributed by atoms with E-state index in [1.54, 1.807) is 31.5 Å². The lowest BCUT2D eigenvalue weighted by Crippen LogP contribution is -2.37. The van der Waals surface area contributed by atoms with E-state index in [1.165, 1.54) is 36.4 Å². The number of carbonyl (C=O) groups excluding carboxylic acids is 2. The van der Waals surface area contributed by atoms with Crippen LogP contribution in [0.2, 0.25) is 0 Å². The highest BCUT2D eigenvalue weighted by molar-refractivity contribution is 7.45. The molecule has 1 aromatic heterocycles. The maximum absolute atomic E-state index is 15.2. The number of ether oxygens (including phenoxy) is 4. The second-order valence-corrected chi connectivity index (χ2v) is 13.9. The minimum atomic E-state index is -1.61. The lowest BCUT2D eigenvalue weighted by molar-refractivity contribution is -0.131. The minimum absolute atomic E-state index is 0.0666. The van der Waals surface area contributed by atoms with Gasteiger partial charge in [0.15, 0.2) is 31.4 Å². The maximum Gasteiger partial charge on any atom is 0.240 e. The van der Waals surface area contributed by atoms with E-state index < -0.39 is 37.2 Å². The quantitative estimate of drug-likeness (QED) is 0.0576. The summed E-state index contributed by atoms with van der Waals surface area (Å²) in [6, 6.07) is 14.4. The summed E-state index contributed by atoms with van der Waals surface area (Å²) >= 11 is 0. The van der Waals surface area contributed by atoms with Crippen LogP contribution in [0, 0.1) is 17.0 Å². The van der Waals surface area contributed by atoms with Crippen LogP contribution >= 0.6 is 8.38 Å². The number of unbranched alkanes of at least 4 members (excludes halogenated alkanes) is 1. The Bertz CT molecular complexity index is 1840. The van der Waals surface area contributed by atoms with Crippen LogP contribution in [-0.4, -0.2) is 84.2 Å². The first-order valence-electron chi connectivity index (χ1n) is 17.5. The Kier molecular flexibility index (Phi) is 14.3. The zero-order valence-electron chi connectivity index (χ0n) is 29.8. The first kappa shape index (κ1) is 39.7. The van der Waals surface area contributed by atoms with Crippen LogP contribution in [0.4, 0.5) is 20.2 Å². The number of nitrogens with zero attached hydrogens (tertiary/aromatic N) is 2. The van der Waals surface area contributed by atoms with E-state index in [-0.39, 0.29) is 11.4 Å². The van der Waals surface area contributed by atoms with Crippen molar-refractivity contribution >= 4 is 42.5 Å². The lowest BCUT2D eigenvalue weighted by atomic mass is 10.0. The zero-order valence-corrected chi connectivity index (χ0v) is 30.7. The van der Waals surface area contributed by atoms with Crippen molar-refractivity contribution in [1.29, 1.82) is 0 Å². The number of amides is 2. The van der Waals surface area contributed by atoms with Crippen LogP contribution in [0.5, 0.6) is 23.0 Å². The summed E-state index contributed by atoms with van der Waals surface area (Å²) in [5.74, 6) is -0.871. The monoisotopic (exact) mass is 754 g/mol. The van der Waals surface area contributed by atoms with E-state index >= 15 is 4.39 Å². The molecule has 15 heteroatoms. The molecule has 3 aromatic carbocycles. The largest absolute Gasteiger partial charge is 0.493 e. The number of anilines is 2. The standard InChI is InChI=1S/C34H34F2N4O6.C4H11O2P/c1-43-30-20-25-27(21-31(30)45-16-2-13-40-14-17-44-18-15-40)37-12-9-28(25)46-29-8-7-24(19-26(29)36)39-33(42)34(10-11-34)32(41)38-23-5-3-22(35)4-6-23;1-2-3-4-7(5)6/h3-9,12,19-21H,2,10-11,13-18H2,1H3,(H,38,41)(H,39,42);5-6H,2-4H2,1H3.